The standard InChI is InChI=1S/C23H33ClN2O8/c1-13-10-15(21(24)16(11-13)33-7)26(6)19(28)12-17(23(3,4)32)34-22(31)14(2)25(5)18(27)8-9-20(29)30/h10-11,14,17,32H,8-9,12H2,1-7H3,(H,29,30)/t14-,17-/m0/s1. The molecule has 34 heavy (non-hydrogen) atoms. The van der Waals surface area contributed by atoms with Crippen LogP contribution < -0.4 is 9.64 Å². The summed E-state index contributed by atoms with van der Waals surface area (Å²) in [6.45, 7) is 6.02. The van der Waals surface area contributed by atoms with Crippen molar-refractivity contribution in [2.45, 2.75) is 64.7 Å². The van der Waals surface area contributed by atoms with E-state index in [0.29, 0.717) is 11.4 Å². The molecule has 2 N–H and O–H groups in total. The number of amides is 2. The molecule has 0 bridgehead atoms. The first-order valence-corrected chi connectivity index (χ1v) is 11.0. The highest BCUT2D eigenvalue weighted by molar-refractivity contribution is 6.35. The summed E-state index contributed by atoms with van der Waals surface area (Å²) >= 11 is 6.35. The number of rotatable bonds is 11. The predicted octanol–water partition coefficient (Wildman–Crippen LogP) is 2.40. The normalized spacial score (nSPS) is 13.0. The van der Waals surface area contributed by atoms with Gasteiger partial charge in [0.1, 0.15) is 22.9 Å². The number of hydrogen-bond acceptors (Lipinski definition) is 7. The average molecular weight is 501 g/mol. The highest BCUT2D eigenvalue weighted by atomic mass is 35.5. The molecule has 0 saturated heterocycles. The van der Waals surface area contributed by atoms with Crippen LogP contribution in [0.3, 0.4) is 0 Å². The molecule has 0 radical (unpaired) electrons. The van der Waals surface area contributed by atoms with Gasteiger partial charge in [-0.05, 0) is 45.4 Å². The summed E-state index contributed by atoms with van der Waals surface area (Å²) < 4.78 is 10.7. The van der Waals surface area contributed by atoms with Crippen LogP contribution in [0.2, 0.25) is 5.02 Å². The summed E-state index contributed by atoms with van der Waals surface area (Å²) in [5, 5.41) is 19.5. The molecular weight excluding hydrogens is 468 g/mol. The SMILES string of the molecule is COc1cc(C)cc(N(C)C(=O)C[C@H](OC(=O)[C@H](C)N(C)C(=O)CCC(=O)O)C(C)(C)O)c1Cl. The highest BCUT2D eigenvalue weighted by Gasteiger charge is 2.36. The average Bonchev–Trinajstić information content (AvgIpc) is 2.75. The molecule has 0 saturated carbocycles. The molecule has 11 heteroatoms. The molecule has 0 aliphatic rings. The molecule has 190 valence electrons. The third-order valence-corrected chi connectivity index (χ3v) is 5.77. The first-order valence-electron chi connectivity index (χ1n) is 10.6. The Morgan fingerprint density at radius 1 is 1.12 bits per heavy atom. The largest absolute Gasteiger partial charge is 0.495 e. The minimum atomic E-state index is -1.58. The number of halogens is 1. The van der Waals surface area contributed by atoms with Gasteiger partial charge in [0.25, 0.3) is 0 Å². The second-order valence-corrected chi connectivity index (χ2v) is 8.99. The van der Waals surface area contributed by atoms with Crippen LogP contribution in [0.4, 0.5) is 5.69 Å². The zero-order valence-electron chi connectivity index (χ0n) is 20.5. The van der Waals surface area contributed by atoms with Crippen molar-refractivity contribution in [1.29, 1.82) is 0 Å². The number of hydrogen-bond donors (Lipinski definition) is 2. The quantitative estimate of drug-likeness (QED) is 0.442. The zero-order chi connectivity index (χ0) is 26.4. The number of carboxylic acid groups (broad SMARTS) is 1. The minimum Gasteiger partial charge on any atom is -0.495 e. The van der Waals surface area contributed by atoms with E-state index in [-0.39, 0.29) is 24.3 Å². The maximum Gasteiger partial charge on any atom is 0.328 e. The van der Waals surface area contributed by atoms with Gasteiger partial charge in [0, 0.05) is 20.5 Å². The van der Waals surface area contributed by atoms with Crippen molar-refractivity contribution < 1.29 is 38.9 Å². The first-order chi connectivity index (χ1) is 15.6. The Hall–Kier alpha value is -2.85. The summed E-state index contributed by atoms with van der Waals surface area (Å²) in [6.07, 6.45) is -2.24. The molecule has 10 nitrogen and oxygen atoms in total. The van der Waals surface area contributed by atoms with Crippen LogP contribution in [0, 0.1) is 6.92 Å². The van der Waals surface area contributed by atoms with Crippen molar-refractivity contribution >= 4 is 41.0 Å². The molecule has 0 heterocycles. The fourth-order valence-corrected chi connectivity index (χ4v) is 3.29. The molecule has 0 unspecified atom stereocenters. The van der Waals surface area contributed by atoms with Gasteiger partial charge in [-0.2, -0.15) is 0 Å². The van der Waals surface area contributed by atoms with Crippen LogP contribution in [0.5, 0.6) is 5.75 Å². The Morgan fingerprint density at radius 3 is 2.21 bits per heavy atom. The molecule has 1 aromatic rings. The Morgan fingerprint density at radius 2 is 1.71 bits per heavy atom. The number of anilines is 1. The van der Waals surface area contributed by atoms with E-state index in [1.807, 2.05) is 6.92 Å². The summed E-state index contributed by atoms with van der Waals surface area (Å²) in [7, 11) is 4.31. The number of ether oxygens (including phenoxy) is 2. The number of carboxylic acids is 1. The van der Waals surface area contributed by atoms with Gasteiger partial charge in [0.2, 0.25) is 11.8 Å². The second kappa shape index (κ2) is 12.0. The number of methoxy groups -OCH3 is 1. The molecule has 2 amide bonds. The monoisotopic (exact) mass is 500 g/mol. The topological polar surface area (TPSA) is 134 Å². The number of nitrogens with zero attached hydrogens (tertiary/aromatic N) is 2. The van der Waals surface area contributed by atoms with Crippen LogP contribution in [0.15, 0.2) is 12.1 Å². The lowest BCUT2D eigenvalue weighted by atomic mass is 9.98. The van der Waals surface area contributed by atoms with Crippen LogP contribution >= 0.6 is 11.6 Å². The van der Waals surface area contributed by atoms with Gasteiger partial charge < -0.3 is 29.5 Å². The van der Waals surface area contributed by atoms with Crippen LogP contribution in [-0.4, -0.2) is 77.8 Å². The van der Waals surface area contributed by atoms with Crippen molar-refractivity contribution in [3.05, 3.63) is 22.7 Å². The van der Waals surface area contributed by atoms with E-state index < -0.39 is 41.5 Å². The van der Waals surface area contributed by atoms with Crippen LogP contribution in [0.1, 0.15) is 45.6 Å². The number of likely N-dealkylation sites (N-methyl/N-ethyl adjacent to an activating group) is 1. The summed E-state index contributed by atoms with van der Waals surface area (Å²) in [6, 6.07) is 2.36. The predicted molar refractivity (Wildman–Crippen MR) is 126 cm³/mol. The maximum atomic E-state index is 13.0. The molecule has 0 spiro atoms. The lowest BCUT2D eigenvalue weighted by molar-refractivity contribution is -0.170. The van der Waals surface area contributed by atoms with Gasteiger partial charge in [0.05, 0.1) is 31.2 Å². The molecule has 0 fully saturated rings. The third-order valence-electron chi connectivity index (χ3n) is 5.39. The minimum absolute atomic E-state index is 0.232. The zero-order valence-corrected chi connectivity index (χ0v) is 21.3. The smallest absolute Gasteiger partial charge is 0.328 e. The lowest BCUT2D eigenvalue weighted by Gasteiger charge is -2.32. The van der Waals surface area contributed by atoms with Gasteiger partial charge in [0.15, 0.2) is 0 Å². The van der Waals surface area contributed by atoms with E-state index in [9.17, 15) is 24.3 Å². The van der Waals surface area contributed by atoms with Crippen molar-refractivity contribution in [3.63, 3.8) is 0 Å². The van der Waals surface area contributed by atoms with E-state index in [4.69, 9.17) is 26.2 Å². The molecule has 2 atom stereocenters. The van der Waals surface area contributed by atoms with Gasteiger partial charge in [-0.15, -0.1) is 0 Å². The second-order valence-electron chi connectivity index (χ2n) is 8.61. The number of carbonyl (C=O) groups excluding carboxylic acids is 3. The van der Waals surface area contributed by atoms with E-state index in [1.165, 1.54) is 46.9 Å². The molecular formula is C23H33ClN2O8. The highest BCUT2D eigenvalue weighted by Crippen LogP contribution is 2.36. The Kier molecular flexibility index (Phi) is 10.3. The number of esters is 1. The van der Waals surface area contributed by atoms with E-state index in [1.54, 1.807) is 12.1 Å². The van der Waals surface area contributed by atoms with Gasteiger partial charge >= 0.3 is 11.9 Å². The van der Waals surface area contributed by atoms with Gasteiger partial charge in [-0.25, -0.2) is 4.79 Å². The number of aliphatic hydroxyl groups is 1. The van der Waals surface area contributed by atoms with Gasteiger partial charge in [-0.1, -0.05) is 11.6 Å². The Balaban J connectivity index is 3.00. The molecule has 1 rings (SSSR count). The molecule has 1 aromatic carbocycles. The Bertz CT molecular complexity index is 928. The fourth-order valence-electron chi connectivity index (χ4n) is 2.98. The summed E-state index contributed by atoms with van der Waals surface area (Å²) in [5.74, 6) is -2.61. The third kappa shape index (κ3) is 7.88. The van der Waals surface area contributed by atoms with Gasteiger partial charge in [-0.3, -0.25) is 14.4 Å². The lowest BCUT2D eigenvalue weighted by Crippen LogP contribution is -2.48. The molecule has 0 aliphatic carbocycles. The van der Waals surface area contributed by atoms with Crippen LogP contribution in [-0.2, 0) is 23.9 Å². The first kappa shape index (κ1) is 29.2. The number of aryl methyl sites for hydroxylation is 1. The summed E-state index contributed by atoms with van der Waals surface area (Å²) in [5.41, 5.74) is -0.376. The van der Waals surface area contributed by atoms with E-state index in [0.717, 1.165) is 10.5 Å². The van der Waals surface area contributed by atoms with E-state index >= 15 is 0 Å². The fraction of sp³-hybridized carbons (Fsp3) is 0.565. The van der Waals surface area contributed by atoms with Crippen molar-refractivity contribution in [1.82, 2.24) is 4.90 Å². The summed E-state index contributed by atoms with van der Waals surface area (Å²) in [4.78, 5) is 50.9. The number of carbonyl (C=O) groups is 4. The molecule has 0 aliphatic heterocycles. The van der Waals surface area contributed by atoms with Crippen molar-refractivity contribution in [2.24, 2.45) is 0 Å². The number of aliphatic carboxylic acids is 1. The van der Waals surface area contributed by atoms with Crippen molar-refractivity contribution in [2.75, 3.05) is 26.1 Å². The van der Waals surface area contributed by atoms with E-state index in [2.05, 4.69) is 0 Å². The van der Waals surface area contributed by atoms with Crippen molar-refractivity contribution in [3.8, 4) is 5.75 Å². The molecule has 0 aromatic heterocycles. The Labute approximate surface area is 204 Å². The maximum absolute atomic E-state index is 13.0. The van der Waals surface area contributed by atoms with Crippen LogP contribution in [0.25, 0.3) is 0 Å². The number of benzene rings is 1.